The molecule has 1 heterocycles. The number of hydrogen-bond acceptors (Lipinski definition) is 6. The van der Waals surface area contributed by atoms with Crippen LogP contribution in [0.5, 0.6) is 5.75 Å². The van der Waals surface area contributed by atoms with Gasteiger partial charge in [-0.3, -0.25) is 4.98 Å². The van der Waals surface area contributed by atoms with Gasteiger partial charge >= 0.3 is 0 Å². The van der Waals surface area contributed by atoms with Gasteiger partial charge in [-0.15, -0.1) is 17.0 Å². The van der Waals surface area contributed by atoms with Gasteiger partial charge in [-0.25, -0.2) is 0 Å². The first-order valence-electron chi connectivity index (χ1n) is 10.6. The topological polar surface area (TPSA) is 78.2 Å². The lowest BCUT2D eigenvalue weighted by Gasteiger charge is -2.27. The molecule has 2 N–H and O–H groups in total. The number of hydrogen-bond donors (Lipinski definition) is 3. The highest BCUT2D eigenvalue weighted by atomic mass is 35.5. The van der Waals surface area contributed by atoms with Crippen molar-refractivity contribution in [1.29, 1.82) is 5.26 Å². The number of quaternary nitrogens is 1. The Morgan fingerprint density at radius 3 is 2.44 bits per heavy atom. The molecule has 3 aromatic rings. The third-order valence-electron chi connectivity index (χ3n) is 5.52. The summed E-state index contributed by atoms with van der Waals surface area (Å²) >= 11 is 16.1. The number of nitrogens with one attached hydrogen (secondary N) is 1. The van der Waals surface area contributed by atoms with Crippen LogP contribution in [0.2, 0.25) is 5.02 Å². The van der Waals surface area contributed by atoms with E-state index in [0.717, 1.165) is 27.9 Å². The Hall–Kier alpha value is -2.31. The second kappa shape index (κ2) is 11.0. The van der Waals surface area contributed by atoms with E-state index < -0.39 is 9.58 Å². The van der Waals surface area contributed by atoms with E-state index in [1.165, 1.54) is 7.05 Å². The third kappa shape index (κ3) is 6.42. The molecule has 0 aliphatic rings. The van der Waals surface area contributed by atoms with Gasteiger partial charge in [-0.2, -0.15) is 10.5 Å². The van der Waals surface area contributed by atoms with Crippen LogP contribution in [-0.4, -0.2) is 33.9 Å². The first kappa shape index (κ1) is 26.3. The largest absolute Gasteiger partial charge is 0.489 e. The van der Waals surface area contributed by atoms with Gasteiger partial charge in [0.1, 0.15) is 32.5 Å². The van der Waals surface area contributed by atoms with Crippen LogP contribution in [0.3, 0.4) is 0 Å². The van der Waals surface area contributed by atoms with Crippen LogP contribution in [-0.2, 0) is 12.0 Å². The van der Waals surface area contributed by atoms with Gasteiger partial charge < -0.3 is 4.74 Å². The average Bonchev–Trinajstić information content (AvgIpc) is 2.81. The molecule has 1 aromatic heterocycles. The molecule has 2 aromatic carbocycles. The first-order valence-corrected chi connectivity index (χ1v) is 11.9. The lowest BCUT2D eigenvalue weighted by Crippen LogP contribution is -2.43. The fourth-order valence-electron chi connectivity index (χ4n) is 3.49. The number of aromatic nitrogens is 1. The normalized spacial score (nSPS) is 13.2. The van der Waals surface area contributed by atoms with Gasteiger partial charge in [0.2, 0.25) is 0 Å². The van der Waals surface area contributed by atoms with Crippen molar-refractivity contribution in [2.75, 3.05) is 19.5 Å². The van der Waals surface area contributed by atoms with Crippen molar-refractivity contribution in [2.24, 2.45) is 0 Å². The molecular formula is C25H27Cl2N4O2S+. The van der Waals surface area contributed by atoms with E-state index >= 15 is 0 Å². The van der Waals surface area contributed by atoms with E-state index in [1.807, 2.05) is 36.4 Å². The van der Waals surface area contributed by atoms with Crippen LogP contribution in [0.25, 0.3) is 11.3 Å². The molecule has 9 heteroatoms. The predicted octanol–water partition coefficient (Wildman–Crippen LogP) is 5.90. The van der Waals surface area contributed by atoms with Gasteiger partial charge in [-0.1, -0.05) is 59.9 Å². The molecule has 0 spiro atoms. The van der Waals surface area contributed by atoms with Crippen molar-refractivity contribution in [1.82, 2.24) is 10.4 Å². The number of hydroxylamine groups is 1. The number of ether oxygens (including phenoxy) is 1. The summed E-state index contributed by atoms with van der Waals surface area (Å²) < 4.78 is 4.95. The van der Waals surface area contributed by atoms with Crippen LogP contribution in [0.15, 0.2) is 54.7 Å². The van der Waals surface area contributed by atoms with Crippen molar-refractivity contribution in [3.63, 3.8) is 0 Å². The maximum atomic E-state index is 9.61. The highest BCUT2D eigenvalue weighted by Gasteiger charge is 2.26. The number of benzene rings is 2. The fourth-order valence-corrected chi connectivity index (χ4v) is 3.91. The number of thiol groups is 1. The second-order valence-electron chi connectivity index (χ2n) is 8.49. The lowest BCUT2D eigenvalue weighted by molar-refractivity contribution is -1.01. The standard InChI is InChI=1S/C25H27Cl2N4O2S/c1-25(2,21-12-19(14-28)24(22(27)13-21)33-11-10-26)20-7-5-18(6-8-20)23-9-4-17(15-29-23)16-30-31(3,32)34/h4-9,12-13,15,30,32,34H,10-11,16H2,1-3H3/q+1. The molecule has 178 valence electrons. The van der Waals surface area contributed by atoms with E-state index in [0.29, 0.717) is 28.8 Å². The van der Waals surface area contributed by atoms with Gasteiger partial charge in [0.05, 0.1) is 28.7 Å². The minimum atomic E-state index is -0.622. The minimum absolute atomic E-state index is 0.279. The number of halogens is 2. The molecule has 0 bridgehead atoms. The molecule has 1 atom stereocenters. The molecule has 0 amide bonds. The van der Waals surface area contributed by atoms with Gasteiger partial charge in [0.15, 0.2) is 5.75 Å². The molecule has 0 aliphatic carbocycles. The van der Waals surface area contributed by atoms with Crippen molar-refractivity contribution >= 4 is 36.0 Å². The Bertz CT molecular complexity index is 1170. The molecule has 34 heavy (non-hydrogen) atoms. The average molecular weight is 518 g/mol. The number of nitrogens with zero attached hydrogens (tertiary/aromatic N) is 3. The predicted molar refractivity (Wildman–Crippen MR) is 138 cm³/mol. The zero-order valence-electron chi connectivity index (χ0n) is 19.2. The highest BCUT2D eigenvalue weighted by Crippen LogP contribution is 2.38. The van der Waals surface area contributed by atoms with E-state index in [9.17, 15) is 10.5 Å². The summed E-state index contributed by atoms with van der Waals surface area (Å²) in [5.74, 6) is 0.674. The van der Waals surface area contributed by atoms with Crippen molar-refractivity contribution in [3.8, 4) is 23.1 Å². The number of alkyl halides is 1. The Morgan fingerprint density at radius 1 is 1.18 bits per heavy atom. The van der Waals surface area contributed by atoms with Gasteiger partial charge in [0.25, 0.3) is 0 Å². The third-order valence-corrected chi connectivity index (χ3v) is 6.10. The van der Waals surface area contributed by atoms with Crippen LogP contribution in [0.1, 0.15) is 36.1 Å². The summed E-state index contributed by atoms with van der Waals surface area (Å²) in [5.41, 5.74) is 7.56. The summed E-state index contributed by atoms with van der Waals surface area (Å²) in [6.07, 6.45) is 1.77. The lowest BCUT2D eigenvalue weighted by atomic mass is 9.77. The molecule has 0 fully saturated rings. The molecule has 0 saturated heterocycles. The summed E-state index contributed by atoms with van der Waals surface area (Å²) in [4.78, 5) is 4.54. The highest BCUT2D eigenvalue weighted by molar-refractivity contribution is 7.74. The summed E-state index contributed by atoms with van der Waals surface area (Å²) in [6, 6.07) is 17.9. The van der Waals surface area contributed by atoms with Crippen LogP contribution >= 0.6 is 36.0 Å². The Balaban J connectivity index is 1.82. The molecular weight excluding hydrogens is 491 g/mol. The van der Waals surface area contributed by atoms with E-state index in [2.05, 4.69) is 55.3 Å². The first-order chi connectivity index (χ1) is 16.0. The number of pyridine rings is 1. The van der Waals surface area contributed by atoms with E-state index in [-0.39, 0.29) is 6.61 Å². The molecule has 0 radical (unpaired) electrons. The monoisotopic (exact) mass is 517 g/mol. The molecule has 6 nitrogen and oxygen atoms in total. The summed E-state index contributed by atoms with van der Waals surface area (Å²) in [5, 5.41) is 19.6. The Morgan fingerprint density at radius 2 is 1.88 bits per heavy atom. The molecule has 3 rings (SSSR count). The quantitative estimate of drug-likeness (QED) is 0.142. The molecule has 1 unspecified atom stereocenters. The maximum Gasteiger partial charge on any atom is 0.155 e. The van der Waals surface area contributed by atoms with Crippen molar-refractivity contribution in [2.45, 2.75) is 25.8 Å². The van der Waals surface area contributed by atoms with E-state index in [1.54, 1.807) is 6.20 Å². The summed E-state index contributed by atoms with van der Waals surface area (Å²) in [7, 11) is 1.51. The van der Waals surface area contributed by atoms with E-state index in [4.69, 9.17) is 27.9 Å². The van der Waals surface area contributed by atoms with Crippen molar-refractivity contribution < 1.29 is 14.1 Å². The Labute approximate surface area is 215 Å². The molecule has 0 saturated carbocycles. The van der Waals surface area contributed by atoms with Gasteiger partial charge in [-0.05, 0) is 34.9 Å². The number of rotatable bonds is 9. The summed E-state index contributed by atoms with van der Waals surface area (Å²) in [6.45, 7) is 4.88. The fraction of sp³-hybridized carbons (Fsp3) is 0.280. The zero-order chi connectivity index (χ0) is 24.9. The molecule has 0 aliphatic heterocycles. The maximum absolute atomic E-state index is 9.61. The van der Waals surface area contributed by atoms with Crippen LogP contribution in [0, 0.1) is 11.3 Å². The van der Waals surface area contributed by atoms with Gasteiger partial charge in [0, 0.05) is 17.2 Å². The number of nitriles is 1. The van der Waals surface area contributed by atoms with Crippen molar-refractivity contribution in [3.05, 3.63) is 82.0 Å². The Kier molecular flexibility index (Phi) is 8.47. The van der Waals surface area contributed by atoms with Crippen LogP contribution in [0.4, 0.5) is 0 Å². The smallest absolute Gasteiger partial charge is 0.155 e. The van der Waals surface area contributed by atoms with Crippen LogP contribution < -0.4 is 10.2 Å². The SMILES string of the molecule is CC(C)(c1ccc(-c2ccc(CN[N+](C)(O)S)cn2)cc1)c1cc(Cl)c(OCCCl)c(C#N)c1. The minimum Gasteiger partial charge on any atom is -0.489 e. The zero-order valence-corrected chi connectivity index (χ0v) is 21.6. The second-order valence-corrected chi connectivity index (χ2v) is 10.1.